The number of hydrogen-bond donors (Lipinski definition) is 6. The molecular formula is C43H74N4O20P2. The molecule has 0 saturated heterocycles. The Morgan fingerprint density at radius 3 is 1.26 bits per heavy atom. The molecule has 0 aromatic rings. The summed E-state index contributed by atoms with van der Waals surface area (Å²) in [5.74, 6) is -4.53. The third kappa shape index (κ3) is 40.2. The Balaban J connectivity index is 4.72. The molecule has 6 atom stereocenters. The molecule has 4 unspecified atom stereocenters. The van der Waals surface area contributed by atoms with Crippen molar-refractivity contribution < 1.29 is 94.3 Å². The van der Waals surface area contributed by atoms with Crippen LogP contribution in [0.2, 0.25) is 0 Å². The fourth-order valence-corrected chi connectivity index (χ4v) is 6.91. The summed E-state index contributed by atoms with van der Waals surface area (Å²) in [5, 5.41) is 9.56. The second-order valence-corrected chi connectivity index (χ2v) is 18.5. The van der Waals surface area contributed by atoms with E-state index in [4.69, 9.17) is 37.0 Å². The minimum Gasteiger partial charge on any atom is -0.463 e. The molecule has 0 aliphatic carbocycles. The van der Waals surface area contributed by atoms with Crippen molar-refractivity contribution in [1.82, 2.24) is 21.3 Å². The largest absolute Gasteiger partial charge is 0.472 e. The first-order valence-electron chi connectivity index (χ1n) is 22.7. The fraction of sp³-hybridized carbons (Fsp3) is 0.721. The third-order valence-corrected chi connectivity index (χ3v) is 10.7. The van der Waals surface area contributed by atoms with Gasteiger partial charge in [0.05, 0.1) is 77.8 Å². The zero-order valence-corrected chi connectivity index (χ0v) is 42.4. The maximum Gasteiger partial charge on any atom is 0.472 e. The lowest BCUT2D eigenvalue weighted by Gasteiger charge is -2.21. The molecule has 0 aliphatic rings. The highest BCUT2D eigenvalue weighted by molar-refractivity contribution is 7.47. The van der Waals surface area contributed by atoms with Crippen LogP contribution in [0.4, 0.5) is 0 Å². The summed E-state index contributed by atoms with van der Waals surface area (Å²) in [4.78, 5) is 116. The molecule has 0 aromatic carbocycles. The van der Waals surface area contributed by atoms with Gasteiger partial charge < -0.3 is 50.0 Å². The van der Waals surface area contributed by atoms with Gasteiger partial charge in [0.1, 0.15) is 30.2 Å². The lowest BCUT2D eigenvalue weighted by atomic mass is 10.2. The van der Waals surface area contributed by atoms with E-state index in [-0.39, 0.29) is 64.3 Å². The molecule has 0 bridgehead atoms. The highest BCUT2D eigenvalue weighted by Crippen LogP contribution is 2.43. The fourth-order valence-electron chi connectivity index (χ4n) is 5.39. The van der Waals surface area contributed by atoms with Crippen LogP contribution in [0.1, 0.15) is 112 Å². The van der Waals surface area contributed by atoms with Crippen LogP contribution in [-0.2, 0) is 84.5 Å². The number of allylic oxidation sites excluding steroid dienone is 4. The van der Waals surface area contributed by atoms with Crippen molar-refractivity contribution in [2.75, 3.05) is 65.9 Å². The number of nitrogens with one attached hydrogen (secondary N) is 4. The monoisotopic (exact) mass is 1030 g/mol. The zero-order chi connectivity index (χ0) is 52.1. The van der Waals surface area contributed by atoms with Gasteiger partial charge in [-0.25, -0.2) is 9.13 Å². The number of phosphoric acid groups is 2. The van der Waals surface area contributed by atoms with Crippen LogP contribution in [0.15, 0.2) is 24.3 Å². The van der Waals surface area contributed by atoms with Gasteiger partial charge in [-0.1, -0.05) is 24.3 Å². The number of carbonyl (C=O) groups is 8. The maximum atomic E-state index is 12.5. The van der Waals surface area contributed by atoms with Crippen LogP contribution in [0.3, 0.4) is 0 Å². The molecule has 0 aromatic heterocycles. The van der Waals surface area contributed by atoms with Gasteiger partial charge in [0.25, 0.3) is 0 Å². The summed E-state index contributed by atoms with van der Waals surface area (Å²) in [6, 6.07) is -1.98. The smallest absolute Gasteiger partial charge is 0.463 e. The molecular weight excluding hydrogens is 954 g/mol. The SMILES string of the molecule is C/C=C\CCCC(=O)O[C@H](C)CCOCC(COP(=O)(O)OCCNC(=O)CC(=O)NCCOP(=O)(O)OCC(COCC[C@@H](C)OC(=O)CCC/C=C\C)NC(=O)CC(C)=O)NC(=O)CC(C)=O. The quantitative estimate of drug-likeness (QED) is 0.0168. The summed E-state index contributed by atoms with van der Waals surface area (Å²) in [6.45, 7) is 6.50. The predicted molar refractivity (Wildman–Crippen MR) is 248 cm³/mol. The molecule has 4 amide bonds. The first kappa shape index (κ1) is 64.8. The third-order valence-electron chi connectivity index (χ3n) is 8.72. The minimum atomic E-state index is -4.75. The van der Waals surface area contributed by atoms with E-state index in [9.17, 15) is 57.3 Å². The van der Waals surface area contributed by atoms with Gasteiger partial charge in [-0.05, 0) is 67.2 Å². The van der Waals surface area contributed by atoms with Crippen LogP contribution in [0, 0.1) is 0 Å². The number of phosphoric ester groups is 2. The Bertz CT molecular complexity index is 1630. The lowest BCUT2D eigenvalue weighted by Crippen LogP contribution is -2.42. The predicted octanol–water partition coefficient (Wildman–Crippen LogP) is 2.97. The first-order chi connectivity index (χ1) is 32.6. The number of ketones is 2. The van der Waals surface area contributed by atoms with Gasteiger partial charge in [-0.2, -0.15) is 0 Å². The van der Waals surface area contributed by atoms with Crippen molar-refractivity contribution >= 4 is 62.8 Å². The van der Waals surface area contributed by atoms with Crippen LogP contribution in [0.25, 0.3) is 0 Å². The Hall–Kier alpha value is -4.22. The van der Waals surface area contributed by atoms with Crippen LogP contribution >= 0.6 is 15.6 Å². The molecule has 6 N–H and O–H groups in total. The van der Waals surface area contributed by atoms with Gasteiger partial charge in [0, 0.05) is 38.8 Å². The minimum absolute atomic E-state index is 0.0964. The normalized spacial score (nSPS) is 15.0. The van der Waals surface area contributed by atoms with E-state index < -0.39 is 121 Å². The number of unbranched alkanes of at least 4 members (excludes halogenated alkanes) is 2. The second kappa shape index (κ2) is 38.5. The number of ether oxygens (including phenoxy) is 4. The van der Waals surface area contributed by atoms with Gasteiger partial charge in [0.15, 0.2) is 0 Å². The van der Waals surface area contributed by atoms with Gasteiger partial charge in [-0.3, -0.25) is 56.5 Å². The molecule has 24 nitrogen and oxygen atoms in total. The van der Waals surface area contributed by atoms with Crippen molar-refractivity contribution in [3.05, 3.63) is 24.3 Å². The molecule has 396 valence electrons. The topological polar surface area (TPSA) is 333 Å². The highest BCUT2D eigenvalue weighted by Gasteiger charge is 2.27. The van der Waals surface area contributed by atoms with Crippen molar-refractivity contribution in [2.45, 2.75) is 136 Å². The molecule has 26 heteroatoms. The summed E-state index contributed by atoms with van der Waals surface area (Å²) in [6.07, 6.45) is 9.13. The van der Waals surface area contributed by atoms with E-state index in [2.05, 4.69) is 21.3 Å². The van der Waals surface area contributed by atoms with E-state index in [1.54, 1.807) is 13.8 Å². The van der Waals surface area contributed by atoms with Crippen molar-refractivity contribution in [3.8, 4) is 0 Å². The number of hydrogen-bond acceptors (Lipinski definition) is 18. The molecule has 0 fully saturated rings. The van der Waals surface area contributed by atoms with E-state index in [0.717, 1.165) is 12.8 Å². The van der Waals surface area contributed by atoms with E-state index in [1.165, 1.54) is 13.8 Å². The molecule has 0 spiro atoms. The number of amides is 4. The van der Waals surface area contributed by atoms with Gasteiger partial charge in [0.2, 0.25) is 23.6 Å². The molecule has 69 heavy (non-hydrogen) atoms. The second-order valence-electron chi connectivity index (χ2n) is 15.6. The highest BCUT2D eigenvalue weighted by atomic mass is 31.2. The van der Waals surface area contributed by atoms with Crippen molar-refractivity contribution in [3.63, 3.8) is 0 Å². The standard InChI is InChI=1S/C43H74N4O20P2/c1-7-9-11-13-15-42(54)66-34(5)17-21-60-28-36(46-40(52)25-32(3)48)30-64-68(56,57)62-23-19-44-38(50)27-39(51)45-20-24-63-69(58,59)65-31-37(47-41(53)26-33(4)49)29-61-22-18-35(6)67-43(55)16-14-12-10-8-2/h7-10,34-37H,11-31H2,1-6H3,(H,44,50)(H,45,51)(H,46,52)(H,47,53)(H,56,57)(H,58,59)/b9-7-,10-8-/t34-,35-,36?,37?/m1/s1. The first-order valence-corrected chi connectivity index (χ1v) is 25.7. The van der Waals surface area contributed by atoms with E-state index >= 15 is 0 Å². The molecule has 0 aliphatic heterocycles. The Morgan fingerprint density at radius 2 is 0.913 bits per heavy atom. The average molecular weight is 1030 g/mol. The van der Waals surface area contributed by atoms with Gasteiger partial charge in [-0.15, -0.1) is 0 Å². The summed E-state index contributed by atoms with van der Waals surface area (Å²) < 4.78 is 66.5. The molecule has 0 rings (SSSR count). The van der Waals surface area contributed by atoms with Gasteiger partial charge >= 0.3 is 27.6 Å². The summed E-state index contributed by atoms with van der Waals surface area (Å²) in [7, 11) is -9.50. The zero-order valence-electron chi connectivity index (χ0n) is 40.6. The summed E-state index contributed by atoms with van der Waals surface area (Å²) >= 11 is 0. The van der Waals surface area contributed by atoms with Crippen LogP contribution in [-0.4, -0.2) is 147 Å². The number of rotatable bonds is 42. The number of Topliss-reactive ketones (excluding diaryl/α,β-unsaturated/α-hetero) is 2. The number of esters is 2. The van der Waals surface area contributed by atoms with Crippen LogP contribution in [0.5, 0.6) is 0 Å². The average Bonchev–Trinajstić information content (AvgIpc) is 3.24. The Kier molecular flexibility index (Phi) is 36.2. The molecule has 0 saturated carbocycles. The van der Waals surface area contributed by atoms with E-state index in [0.29, 0.717) is 25.7 Å². The molecule has 0 heterocycles. The Labute approximate surface area is 404 Å². The van der Waals surface area contributed by atoms with E-state index in [1.807, 2.05) is 38.2 Å². The number of carbonyl (C=O) groups excluding carboxylic acids is 8. The van der Waals surface area contributed by atoms with Crippen molar-refractivity contribution in [2.24, 2.45) is 0 Å². The Morgan fingerprint density at radius 1 is 0.536 bits per heavy atom. The summed E-state index contributed by atoms with van der Waals surface area (Å²) in [5.41, 5.74) is 0. The van der Waals surface area contributed by atoms with Crippen LogP contribution < -0.4 is 21.3 Å². The molecule has 0 radical (unpaired) electrons. The van der Waals surface area contributed by atoms with Crippen molar-refractivity contribution in [1.29, 1.82) is 0 Å². The maximum absolute atomic E-state index is 12.5. The lowest BCUT2D eigenvalue weighted by molar-refractivity contribution is -0.150.